The molecule has 0 atom stereocenters. The van der Waals surface area contributed by atoms with Crippen molar-refractivity contribution in [1.29, 1.82) is 0 Å². The van der Waals surface area contributed by atoms with Gasteiger partial charge < -0.3 is 34.1 Å². The van der Waals surface area contributed by atoms with E-state index in [1.54, 1.807) is 26.5 Å². The summed E-state index contributed by atoms with van der Waals surface area (Å²) in [5, 5.41) is 2.81. The molecule has 53 heavy (non-hydrogen) atoms. The zero-order valence-electron chi connectivity index (χ0n) is 33.6. The summed E-state index contributed by atoms with van der Waals surface area (Å²) in [6, 6.07) is 0. The van der Waals surface area contributed by atoms with Crippen LogP contribution in [0, 0.1) is 0 Å². The summed E-state index contributed by atoms with van der Waals surface area (Å²) in [4.78, 5) is 55.7. The normalized spacial score (nSPS) is 13.4. The largest absolute Gasteiger partial charge is 0.466 e. The molecular formula is C39H74N4O8S2. The first kappa shape index (κ1) is 49.1. The van der Waals surface area contributed by atoms with Crippen LogP contribution < -0.4 is 5.32 Å². The van der Waals surface area contributed by atoms with E-state index in [1.807, 2.05) is 0 Å². The number of piperazine rings is 1. The van der Waals surface area contributed by atoms with Gasteiger partial charge in [-0.3, -0.25) is 14.5 Å². The van der Waals surface area contributed by atoms with Gasteiger partial charge in [-0.15, -0.1) is 0 Å². The third-order valence-corrected chi connectivity index (χ3v) is 11.4. The fourth-order valence-electron chi connectivity index (χ4n) is 5.74. The Morgan fingerprint density at radius 1 is 0.585 bits per heavy atom. The summed E-state index contributed by atoms with van der Waals surface area (Å²) in [5.74, 6) is 0.704. The molecule has 1 fully saturated rings. The Bertz CT molecular complexity index is 890. The molecular weight excluding hydrogens is 717 g/mol. The zero-order valence-corrected chi connectivity index (χ0v) is 35.2. The van der Waals surface area contributed by atoms with Crippen molar-refractivity contribution in [3.63, 3.8) is 0 Å². The highest BCUT2D eigenvalue weighted by molar-refractivity contribution is 8.76. The van der Waals surface area contributed by atoms with E-state index in [0.717, 1.165) is 58.4 Å². The summed E-state index contributed by atoms with van der Waals surface area (Å²) in [7, 11) is 5.22. The van der Waals surface area contributed by atoms with Crippen molar-refractivity contribution in [2.75, 3.05) is 97.3 Å². The van der Waals surface area contributed by atoms with Gasteiger partial charge in [0.15, 0.2) is 0 Å². The van der Waals surface area contributed by atoms with Crippen molar-refractivity contribution in [2.45, 2.75) is 129 Å². The monoisotopic (exact) mass is 790 g/mol. The molecule has 1 aliphatic heterocycles. The first-order chi connectivity index (χ1) is 25.8. The van der Waals surface area contributed by atoms with Gasteiger partial charge in [0.2, 0.25) is 0 Å². The fraction of sp³-hybridized carbons (Fsp3) is 0.897. The molecule has 0 radical (unpaired) electrons. The van der Waals surface area contributed by atoms with Gasteiger partial charge >= 0.3 is 24.1 Å². The van der Waals surface area contributed by atoms with Gasteiger partial charge in [0.25, 0.3) is 0 Å². The van der Waals surface area contributed by atoms with Gasteiger partial charge in [0, 0.05) is 76.7 Å². The van der Waals surface area contributed by atoms with Gasteiger partial charge in [-0.05, 0) is 32.7 Å². The van der Waals surface area contributed by atoms with E-state index in [2.05, 4.69) is 36.0 Å². The van der Waals surface area contributed by atoms with Crippen molar-refractivity contribution in [3.05, 3.63) is 0 Å². The Hall–Kier alpha value is -1.90. The molecule has 0 aromatic rings. The number of esters is 2. The Balaban J connectivity index is 2.27. The SMILES string of the molecule is CCCCCCCCCOC(=O)CCCN(CCCC(=O)OCCCCCCCCC)C(=O)OCCSSCCOC(=O)NCCN1CCN(C)CC1. The van der Waals surface area contributed by atoms with Crippen molar-refractivity contribution in [3.8, 4) is 0 Å². The van der Waals surface area contributed by atoms with Crippen LogP contribution in [0.25, 0.3) is 0 Å². The van der Waals surface area contributed by atoms with Gasteiger partial charge in [-0.1, -0.05) is 112 Å². The average Bonchev–Trinajstić information content (AvgIpc) is 3.15. The topological polar surface area (TPSA) is 127 Å². The number of alkyl carbamates (subject to hydrolysis) is 1. The molecule has 1 N–H and O–H groups in total. The highest BCUT2D eigenvalue weighted by Gasteiger charge is 2.17. The molecule has 1 saturated heterocycles. The summed E-state index contributed by atoms with van der Waals surface area (Å²) in [6.45, 7) is 12.0. The molecule has 0 aromatic heterocycles. The second-order valence-corrected chi connectivity index (χ2v) is 16.5. The third-order valence-electron chi connectivity index (χ3n) is 9.07. The second-order valence-electron chi connectivity index (χ2n) is 13.8. The molecule has 1 heterocycles. The molecule has 310 valence electrons. The fourth-order valence-corrected chi connectivity index (χ4v) is 7.39. The third kappa shape index (κ3) is 31.0. The number of amides is 2. The lowest BCUT2D eigenvalue weighted by Crippen LogP contribution is -2.47. The number of unbranched alkanes of at least 4 members (excludes halogenated alkanes) is 12. The van der Waals surface area contributed by atoms with Crippen LogP contribution in [-0.2, 0) is 28.5 Å². The highest BCUT2D eigenvalue weighted by Crippen LogP contribution is 2.20. The molecule has 0 saturated carbocycles. The maximum atomic E-state index is 13.0. The summed E-state index contributed by atoms with van der Waals surface area (Å²) < 4.78 is 21.6. The molecule has 12 nitrogen and oxygen atoms in total. The van der Waals surface area contributed by atoms with Crippen LogP contribution in [0.4, 0.5) is 9.59 Å². The van der Waals surface area contributed by atoms with E-state index >= 15 is 0 Å². The highest BCUT2D eigenvalue weighted by atomic mass is 33.1. The standard InChI is InChI=1S/C39H74N4O8S2/c1-4-6-8-10-12-14-16-30-48-36(44)20-18-23-43(24-19-21-37(45)49-31-17-15-13-11-9-7-5-2)39(47)51-33-35-53-52-34-32-50-38(46)40-22-25-42-28-26-41(3)27-29-42/h4-35H2,1-3H3,(H,40,46). The first-order valence-corrected chi connectivity index (χ1v) is 23.1. The molecule has 0 unspecified atom stereocenters. The lowest BCUT2D eigenvalue weighted by atomic mass is 10.1. The van der Waals surface area contributed by atoms with Crippen LogP contribution in [0.2, 0.25) is 0 Å². The van der Waals surface area contributed by atoms with E-state index in [-0.39, 0.29) is 31.4 Å². The number of rotatable bonds is 34. The van der Waals surface area contributed by atoms with E-state index < -0.39 is 12.2 Å². The summed E-state index contributed by atoms with van der Waals surface area (Å²) >= 11 is 0. The number of carbonyl (C=O) groups excluding carboxylic acids is 4. The maximum Gasteiger partial charge on any atom is 0.409 e. The molecule has 1 rings (SSSR count). The lowest BCUT2D eigenvalue weighted by molar-refractivity contribution is -0.144. The van der Waals surface area contributed by atoms with Crippen LogP contribution in [0.5, 0.6) is 0 Å². The first-order valence-electron chi connectivity index (χ1n) is 20.6. The Labute approximate surface area is 329 Å². The van der Waals surface area contributed by atoms with Gasteiger partial charge in [0.1, 0.15) is 13.2 Å². The van der Waals surface area contributed by atoms with Crippen molar-refractivity contribution in [2.24, 2.45) is 0 Å². The quantitative estimate of drug-likeness (QED) is 0.0295. The Morgan fingerprint density at radius 2 is 1.06 bits per heavy atom. The second kappa shape index (κ2) is 35.8. The number of nitrogens with zero attached hydrogens (tertiary/aromatic N) is 3. The zero-order chi connectivity index (χ0) is 38.6. The average molecular weight is 791 g/mol. The van der Waals surface area contributed by atoms with Gasteiger partial charge in [-0.25, -0.2) is 9.59 Å². The van der Waals surface area contributed by atoms with Crippen LogP contribution in [0.1, 0.15) is 129 Å². The van der Waals surface area contributed by atoms with Crippen molar-refractivity contribution >= 4 is 45.7 Å². The summed E-state index contributed by atoms with van der Waals surface area (Å²) in [5.41, 5.74) is 0. The predicted octanol–water partition coefficient (Wildman–Crippen LogP) is 7.93. The number of nitrogens with one attached hydrogen (secondary N) is 1. The van der Waals surface area contributed by atoms with Crippen LogP contribution >= 0.6 is 21.6 Å². The van der Waals surface area contributed by atoms with E-state index in [4.69, 9.17) is 18.9 Å². The van der Waals surface area contributed by atoms with Crippen molar-refractivity contribution < 1.29 is 38.1 Å². The number of hydrogen-bond acceptors (Lipinski definition) is 12. The van der Waals surface area contributed by atoms with Crippen LogP contribution in [-0.4, -0.2) is 136 Å². The maximum absolute atomic E-state index is 13.0. The van der Waals surface area contributed by atoms with Gasteiger partial charge in [0.05, 0.1) is 13.2 Å². The van der Waals surface area contributed by atoms with Crippen LogP contribution in [0.15, 0.2) is 0 Å². The predicted molar refractivity (Wildman–Crippen MR) is 217 cm³/mol. The van der Waals surface area contributed by atoms with Crippen LogP contribution in [0.3, 0.4) is 0 Å². The number of likely N-dealkylation sites (N-methyl/N-ethyl adjacent to an activating group) is 1. The molecule has 2 amide bonds. The Kier molecular flexibility index (Phi) is 33.2. The minimum Gasteiger partial charge on any atom is -0.466 e. The number of carbonyl (C=O) groups is 4. The number of hydrogen-bond donors (Lipinski definition) is 1. The molecule has 1 aliphatic rings. The van der Waals surface area contributed by atoms with Crippen molar-refractivity contribution in [1.82, 2.24) is 20.0 Å². The van der Waals surface area contributed by atoms with E-state index in [1.165, 1.54) is 64.2 Å². The minimum atomic E-state index is -0.458. The molecule has 0 bridgehead atoms. The van der Waals surface area contributed by atoms with Gasteiger partial charge in [-0.2, -0.15) is 0 Å². The van der Waals surface area contributed by atoms with E-state index in [9.17, 15) is 19.2 Å². The molecule has 0 aromatic carbocycles. The molecule has 14 heteroatoms. The minimum absolute atomic E-state index is 0.224. The molecule has 0 aliphatic carbocycles. The molecule has 0 spiro atoms. The Morgan fingerprint density at radius 3 is 1.57 bits per heavy atom. The number of ether oxygens (including phenoxy) is 4. The summed E-state index contributed by atoms with van der Waals surface area (Å²) in [6.07, 6.45) is 16.7. The smallest absolute Gasteiger partial charge is 0.409 e. The lowest BCUT2D eigenvalue weighted by Gasteiger charge is -2.32. The van der Waals surface area contributed by atoms with E-state index in [0.29, 0.717) is 63.8 Å².